The maximum absolute atomic E-state index is 11.2. The van der Waals surface area contributed by atoms with Crippen molar-refractivity contribution < 1.29 is 14.3 Å². The average molecular weight is 217 g/mol. The molecule has 0 heterocycles. The van der Waals surface area contributed by atoms with E-state index >= 15 is 0 Å². The lowest BCUT2D eigenvalue weighted by atomic mass is 10.0. The third-order valence-electron chi connectivity index (χ3n) is 2.31. The molecule has 0 rings (SSSR count). The second kappa shape index (κ2) is 7.65. The Balaban J connectivity index is 3.53. The van der Waals surface area contributed by atoms with E-state index < -0.39 is 5.54 Å². The molecule has 1 unspecified atom stereocenters. The lowest BCUT2D eigenvalue weighted by molar-refractivity contribution is -0.147. The zero-order chi connectivity index (χ0) is 11.7. The van der Waals surface area contributed by atoms with Crippen LogP contribution in [0.1, 0.15) is 39.5 Å². The minimum atomic E-state index is -0.931. The predicted octanol–water partition coefficient (Wildman–Crippen LogP) is 1.47. The van der Waals surface area contributed by atoms with E-state index in [1.807, 2.05) is 0 Å². The highest BCUT2D eigenvalue weighted by molar-refractivity contribution is 5.79. The van der Waals surface area contributed by atoms with Gasteiger partial charge in [-0.25, -0.2) is 0 Å². The number of hydrogen-bond donors (Lipinski definition) is 1. The maximum Gasteiger partial charge on any atom is 0.325 e. The molecule has 0 saturated heterocycles. The van der Waals surface area contributed by atoms with Gasteiger partial charge in [0.15, 0.2) is 0 Å². The molecule has 1 atom stereocenters. The van der Waals surface area contributed by atoms with Gasteiger partial charge >= 0.3 is 5.97 Å². The average Bonchev–Trinajstić information content (AvgIpc) is 2.22. The van der Waals surface area contributed by atoms with E-state index in [1.165, 1.54) is 20.0 Å². The highest BCUT2D eigenvalue weighted by atomic mass is 16.5. The number of hydrogen-bond acceptors (Lipinski definition) is 4. The summed E-state index contributed by atoms with van der Waals surface area (Å²) in [6, 6.07) is 0. The number of carbonyl (C=O) groups excluding carboxylic acids is 1. The number of nitrogens with two attached hydrogens (primary N) is 1. The monoisotopic (exact) mass is 217 g/mol. The van der Waals surface area contributed by atoms with Gasteiger partial charge in [0.2, 0.25) is 0 Å². The van der Waals surface area contributed by atoms with Crippen LogP contribution in [0.3, 0.4) is 0 Å². The molecule has 90 valence electrons. The summed E-state index contributed by atoms with van der Waals surface area (Å²) in [6.07, 6.45) is 3.92. The number of esters is 1. The lowest BCUT2D eigenvalue weighted by Crippen LogP contribution is -2.46. The van der Waals surface area contributed by atoms with Crippen molar-refractivity contribution in [3.8, 4) is 0 Å². The minimum Gasteiger partial charge on any atom is -0.468 e. The Labute approximate surface area is 92.1 Å². The summed E-state index contributed by atoms with van der Waals surface area (Å²) in [5.74, 6) is -0.389. The van der Waals surface area contributed by atoms with E-state index in [4.69, 9.17) is 10.5 Å². The smallest absolute Gasteiger partial charge is 0.325 e. The standard InChI is InChI=1S/C11H23NO3/c1-4-5-6-8-15-9-7-11(2,12)10(13)14-3/h4-9,12H2,1-3H3. The Kier molecular flexibility index (Phi) is 7.34. The van der Waals surface area contributed by atoms with Gasteiger partial charge in [-0.3, -0.25) is 4.79 Å². The van der Waals surface area contributed by atoms with Crippen LogP contribution in [0.2, 0.25) is 0 Å². The van der Waals surface area contributed by atoms with Crippen molar-refractivity contribution >= 4 is 5.97 Å². The highest BCUT2D eigenvalue weighted by Crippen LogP contribution is 2.08. The summed E-state index contributed by atoms with van der Waals surface area (Å²) in [5, 5.41) is 0. The van der Waals surface area contributed by atoms with Crippen LogP contribution in [0.4, 0.5) is 0 Å². The molecule has 0 bridgehead atoms. The second-order valence-corrected chi connectivity index (χ2v) is 3.98. The molecule has 0 saturated carbocycles. The summed E-state index contributed by atoms with van der Waals surface area (Å²) in [6.45, 7) is 5.05. The minimum absolute atomic E-state index is 0.389. The first kappa shape index (κ1) is 14.4. The van der Waals surface area contributed by atoms with Crippen LogP contribution >= 0.6 is 0 Å². The molecular formula is C11H23NO3. The van der Waals surface area contributed by atoms with Crippen molar-refractivity contribution in [1.82, 2.24) is 0 Å². The molecule has 0 aliphatic rings. The topological polar surface area (TPSA) is 61.5 Å². The molecule has 0 spiro atoms. The number of rotatable bonds is 8. The zero-order valence-electron chi connectivity index (χ0n) is 10.0. The van der Waals surface area contributed by atoms with Gasteiger partial charge < -0.3 is 15.2 Å². The fourth-order valence-electron chi connectivity index (χ4n) is 1.18. The molecule has 0 aromatic carbocycles. The van der Waals surface area contributed by atoms with E-state index in [0.29, 0.717) is 13.0 Å². The molecule has 0 aromatic rings. The number of unbranched alkanes of at least 4 members (excludes halogenated alkanes) is 2. The van der Waals surface area contributed by atoms with Gasteiger partial charge in [0, 0.05) is 13.2 Å². The van der Waals surface area contributed by atoms with E-state index in [2.05, 4.69) is 11.7 Å². The van der Waals surface area contributed by atoms with Gasteiger partial charge in [0.1, 0.15) is 5.54 Å². The number of ether oxygens (including phenoxy) is 2. The first-order chi connectivity index (χ1) is 7.04. The molecule has 0 aliphatic heterocycles. The first-order valence-corrected chi connectivity index (χ1v) is 5.49. The Hall–Kier alpha value is -0.610. The molecule has 0 fully saturated rings. The van der Waals surface area contributed by atoms with Crippen LogP contribution in [-0.4, -0.2) is 31.8 Å². The van der Waals surface area contributed by atoms with E-state index in [1.54, 1.807) is 6.92 Å². The van der Waals surface area contributed by atoms with Crippen LogP contribution in [0.15, 0.2) is 0 Å². The quantitative estimate of drug-likeness (QED) is 0.494. The summed E-state index contributed by atoms with van der Waals surface area (Å²) in [4.78, 5) is 11.2. The summed E-state index contributed by atoms with van der Waals surface area (Å²) in [7, 11) is 1.34. The molecule has 15 heavy (non-hydrogen) atoms. The molecule has 0 radical (unpaired) electrons. The van der Waals surface area contributed by atoms with E-state index in [-0.39, 0.29) is 5.97 Å². The Bertz CT molecular complexity index is 181. The second-order valence-electron chi connectivity index (χ2n) is 3.98. The zero-order valence-corrected chi connectivity index (χ0v) is 10.0. The van der Waals surface area contributed by atoms with Gasteiger partial charge in [0.05, 0.1) is 7.11 Å². The van der Waals surface area contributed by atoms with Gasteiger partial charge in [-0.05, 0) is 19.8 Å². The van der Waals surface area contributed by atoms with Crippen molar-refractivity contribution in [2.75, 3.05) is 20.3 Å². The number of methoxy groups -OCH3 is 1. The van der Waals surface area contributed by atoms with Gasteiger partial charge in [-0.15, -0.1) is 0 Å². The molecule has 2 N–H and O–H groups in total. The fourth-order valence-corrected chi connectivity index (χ4v) is 1.18. The molecule has 4 nitrogen and oxygen atoms in total. The van der Waals surface area contributed by atoms with Crippen LogP contribution in [-0.2, 0) is 14.3 Å². The summed E-state index contributed by atoms with van der Waals surface area (Å²) < 4.78 is 9.97. The third-order valence-corrected chi connectivity index (χ3v) is 2.31. The molecule has 0 aliphatic carbocycles. The van der Waals surface area contributed by atoms with Crippen molar-refractivity contribution in [3.05, 3.63) is 0 Å². The SMILES string of the molecule is CCCCCOCCC(C)(N)C(=O)OC. The van der Waals surface area contributed by atoms with Crippen molar-refractivity contribution in [2.45, 2.75) is 45.1 Å². The van der Waals surface area contributed by atoms with E-state index in [9.17, 15) is 4.79 Å². The van der Waals surface area contributed by atoms with Gasteiger partial charge in [0.25, 0.3) is 0 Å². The lowest BCUT2D eigenvalue weighted by Gasteiger charge is -2.20. The number of carbonyl (C=O) groups is 1. The molecular weight excluding hydrogens is 194 g/mol. The van der Waals surface area contributed by atoms with Gasteiger partial charge in [-0.1, -0.05) is 19.8 Å². The third kappa shape index (κ3) is 6.47. The normalized spacial score (nSPS) is 14.7. The van der Waals surface area contributed by atoms with Gasteiger partial charge in [-0.2, -0.15) is 0 Å². The fraction of sp³-hybridized carbons (Fsp3) is 0.909. The van der Waals surface area contributed by atoms with Crippen LogP contribution < -0.4 is 5.73 Å². The summed E-state index contributed by atoms with van der Waals surface area (Å²) in [5.41, 5.74) is 4.83. The molecule has 0 amide bonds. The Morgan fingerprint density at radius 3 is 2.53 bits per heavy atom. The van der Waals surface area contributed by atoms with Crippen molar-refractivity contribution in [3.63, 3.8) is 0 Å². The predicted molar refractivity (Wildman–Crippen MR) is 59.6 cm³/mol. The molecule has 4 heteroatoms. The van der Waals surface area contributed by atoms with Crippen molar-refractivity contribution in [2.24, 2.45) is 5.73 Å². The maximum atomic E-state index is 11.2. The van der Waals surface area contributed by atoms with Crippen LogP contribution in [0.25, 0.3) is 0 Å². The highest BCUT2D eigenvalue weighted by Gasteiger charge is 2.28. The first-order valence-electron chi connectivity index (χ1n) is 5.49. The largest absolute Gasteiger partial charge is 0.468 e. The van der Waals surface area contributed by atoms with Crippen molar-refractivity contribution in [1.29, 1.82) is 0 Å². The molecule has 0 aromatic heterocycles. The van der Waals surface area contributed by atoms with Crippen LogP contribution in [0.5, 0.6) is 0 Å². The Morgan fingerprint density at radius 2 is 2.00 bits per heavy atom. The van der Waals surface area contributed by atoms with Crippen LogP contribution in [0, 0.1) is 0 Å². The van der Waals surface area contributed by atoms with E-state index in [0.717, 1.165) is 13.0 Å². The Morgan fingerprint density at radius 1 is 1.33 bits per heavy atom. The summed E-state index contributed by atoms with van der Waals surface area (Å²) >= 11 is 0.